The van der Waals surface area contributed by atoms with Crippen LogP contribution in [0.4, 0.5) is 5.82 Å². The van der Waals surface area contributed by atoms with Crippen LogP contribution >= 0.6 is 0 Å². The van der Waals surface area contributed by atoms with Crippen molar-refractivity contribution in [3.63, 3.8) is 0 Å². The van der Waals surface area contributed by atoms with Crippen molar-refractivity contribution in [2.75, 3.05) is 18.0 Å². The van der Waals surface area contributed by atoms with E-state index in [1.54, 1.807) is 0 Å². The summed E-state index contributed by atoms with van der Waals surface area (Å²) in [5.74, 6) is 2.56. The molecule has 1 aliphatic heterocycles. The van der Waals surface area contributed by atoms with Gasteiger partial charge in [-0.3, -0.25) is 0 Å². The van der Waals surface area contributed by atoms with Gasteiger partial charge in [-0.25, -0.2) is 4.98 Å². The summed E-state index contributed by atoms with van der Waals surface area (Å²) in [4.78, 5) is 6.94. The van der Waals surface area contributed by atoms with Crippen LogP contribution in [-0.4, -0.2) is 18.1 Å². The summed E-state index contributed by atoms with van der Waals surface area (Å²) in [7, 11) is 0. The molecule has 0 bridgehead atoms. The first-order chi connectivity index (χ1) is 7.66. The number of hydrogen-bond donors (Lipinski definition) is 0. The number of hydrogen-bond acceptors (Lipinski definition) is 2. The molecular formula is C14H22N2. The average Bonchev–Trinajstić information content (AvgIpc) is 2.29. The molecule has 2 nitrogen and oxygen atoms in total. The smallest absolute Gasteiger partial charge is 0.128 e. The van der Waals surface area contributed by atoms with Crippen LogP contribution in [0.1, 0.15) is 45.1 Å². The lowest BCUT2D eigenvalue weighted by atomic mass is 9.99. The average molecular weight is 218 g/mol. The van der Waals surface area contributed by atoms with Gasteiger partial charge in [0.15, 0.2) is 0 Å². The fourth-order valence-corrected chi connectivity index (χ4v) is 2.36. The summed E-state index contributed by atoms with van der Waals surface area (Å²) in [5.41, 5.74) is 1.39. The second-order valence-corrected chi connectivity index (χ2v) is 5.30. The molecule has 1 saturated heterocycles. The van der Waals surface area contributed by atoms with E-state index in [2.05, 4.69) is 42.8 Å². The van der Waals surface area contributed by atoms with E-state index in [0.29, 0.717) is 5.92 Å². The van der Waals surface area contributed by atoms with Crippen molar-refractivity contribution in [2.45, 2.75) is 39.5 Å². The maximum Gasteiger partial charge on any atom is 0.128 e. The van der Waals surface area contributed by atoms with Crippen molar-refractivity contribution < 1.29 is 0 Å². The third kappa shape index (κ3) is 2.55. The molecule has 1 fully saturated rings. The zero-order valence-electron chi connectivity index (χ0n) is 10.6. The van der Waals surface area contributed by atoms with Crippen molar-refractivity contribution in [1.82, 2.24) is 4.98 Å². The summed E-state index contributed by atoms with van der Waals surface area (Å²) in [6, 6.07) is 4.38. The minimum atomic E-state index is 0.587. The molecule has 0 saturated carbocycles. The molecule has 2 heterocycles. The molecule has 16 heavy (non-hydrogen) atoms. The fraction of sp³-hybridized carbons (Fsp3) is 0.643. The van der Waals surface area contributed by atoms with Gasteiger partial charge in [0.25, 0.3) is 0 Å². The van der Waals surface area contributed by atoms with E-state index in [4.69, 9.17) is 0 Å². The Bertz CT molecular complexity index is 346. The van der Waals surface area contributed by atoms with Crippen molar-refractivity contribution in [1.29, 1.82) is 0 Å². The highest BCUT2D eigenvalue weighted by molar-refractivity contribution is 5.42. The molecule has 2 heteroatoms. The zero-order valence-corrected chi connectivity index (χ0v) is 10.6. The number of pyridine rings is 1. The standard InChI is InChI=1S/C14H22N2/c1-11(2)13-6-7-15-14(9-13)16-8-4-5-12(3)10-16/h6-7,9,11-12H,4-5,8,10H2,1-3H3. The van der Waals surface area contributed by atoms with Gasteiger partial charge >= 0.3 is 0 Å². The van der Waals surface area contributed by atoms with Gasteiger partial charge in [-0.05, 0) is 42.4 Å². The van der Waals surface area contributed by atoms with Crippen LogP contribution in [0.25, 0.3) is 0 Å². The number of rotatable bonds is 2. The first kappa shape index (κ1) is 11.4. The predicted molar refractivity (Wildman–Crippen MR) is 68.9 cm³/mol. The molecule has 88 valence electrons. The highest BCUT2D eigenvalue weighted by Crippen LogP contribution is 2.23. The Hall–Kier alpha value is -1.05. The first-order valence-electron chi connectivity index (χ1n) is 6.37. The Labute approximate surface area is 98.7 Å². The van der Waals surface area contributed by atoms with Gasteiger partial charge in [-0.1, -0.05) is 20.8 Å². The van der Waals surface area contributed by atoms with Gasteiger partial charge in [-0.15, -0.1) is 0 Å². The first-order valence-corrected chi connectivity index (χ1v) is 6.37. The summed E-state index contributed by atoms with van der Waals surface area (Å²) < 4.78 is 0. The van der Waals surface area contributed by atoms with E-state index in [1.807, 2.05) is 6.20 Å². The zero-order chi connectivity index (χ0) is 11.5. The number of nitrogens with zero attached hydrogens (tertiary/aromatic N) is 2. The van der Waals surface area contributed by atoms with E-state index in [1.165, 1.54) is 24.9 Å². The molecule has 1 unspecified atom stereocenters. The van der Waals surface area contributed by atoms with E-state index in [0.717, 1.165) is 18.3 Å². The largest absolute Gasteiger partial charge is 0.356 e. The van der Waals surface area contributed by atoms with Gasteiger partial charge in [0.05, 0.1) is 0 Å². The lowest BCUT2D eigenvalue weighted by molar-refractivity contribution is 0.444. The molecule has 0 aromatic carbocycles. The summed E-state index contributed by atoms with van der Waals surface area (Å²) >= 11 is 0. The molecule has 1 aromatic heterocycles. The van der Waals surface area contributed by atoms with Gasteiger partial charge < -0.3 is 4.90 Å². The van der Waals surface area contributed by atoms with Crippen molar-refractivity contribution in [3.05, 3.63) is 23.9 Å². The minimum absolute atomic E-state index is 0.587. The topological polar surface area (TPSA) is 16.1 Å². The molecule has 1 aliphatic rings. The molecule has 1 aromatic rings. The highest BCUT2D eigenvalue weighted by Gasteiger charge is 2.17. The Balaban J connectivity index is 2.16. The Morgan fingerprint density at radius 3 is 2.94 bits per heavy atom. The van der Waals surface area contributed by atoms with E-state index >= 15 is 0 Å². The van der Waals surface area contributed by atoms with Crippen LogP contribution < -0.4 is 4.90 Å². The number of anilines is 1. The lowest BCUT2D eigenvalue weighted by Crippen LogP contribution is -2.34. The van der Waals surface area contributed by atoms with Crippen LogP contribution in [0, 0.1) is 5.92 Å². The van der Waals surface area contributed by atoms with Crippen LogP contribution in [-0.2, 0) is 0 Å². The Morgan fingerprint density at radius 1 is 1.44 bits per heavy atom. The third-order valence-electron chi connectivity index (χ3n) is 3.42. The monoisotopic (exact) mass is 218 g/mol. The third-order valence-corrected chi connectivity index (χ3v) is 3.42. The van der Waals surface area contributed by atoms with Gasteiger partial charge in [0.2, 0.25) is 0 Å². The predicted octanol–water partition coefficient (Wildman–Crippen LogP) is 3.44. The molecule has 0 spiro atoms. The SMILES string of the molecule is CC1CCCN(c2cc(C(C)C)ccn2)C1. The minimum Gasteiger partial charge on any atom is -0.356 e. The lowest BCUT2D eigenvalue weighted by Gasteiger charge is -2.32. The number of piperidine rings is 1. The summed E-state index contributed by atoms with van der Waals surface area (Å²) in [5, 5.41) is 0. The fourth-order valence-electron chi connectivity index (χ4n) is 2.36. The highest BCUT2D eigenvalue weighted by atomic mass is 15.2. The van der Waals surface area contributed by atoms with Crippen LogP contribution in [0.5, 0.6) is 0 Å². The van der Waals surface area contributed by atoms with Crippen LogP contribution in [0.3, 0.4) is 0 Å². The van der Waals surface area contributed by atoms with E-state index < -0.39 is 0 Å². The molecule has 0 N–H and O–H groups in total. The van der Waals surface area contributed by atoms with Crippen LogP contribution in [0.15, 0.2) is 18.3 Å². The van der Waals surface area contributed by atoms with Crippen molar-refractivity contribution in [3.8, 4) is 0 Å². The van der Waals surface area contributed by atoms with Gasteiger partial charge in [0, 0.05) is 19.3 Å². The normalized spacial score (nSPS) is 21.5. The maximum absolute atomic E-state index is 4.51. The summed E-state index contributed by atoms with van der Waals surface area (Å²) in [6.45, 7) is 9.13. The second kappa shape index (κ2) is 4.86. The Morgan fingerprint density at radius 2 is 2.25 bits per heavy atom. The van der Waals surface area contributed by atoms with E-state index in [-0.39, 0.29) is 0 Å². The van der Waals surface area contributed by atoms with Crippen LogP contribution in [0.2, 0.25) is 0 Å². The quantitative estimate of drug-likeness (QED) is 0.756. The van der Waals surface area contributed by atoms with Crippen molar-refractivity contribution >= 4 is 5.82 Å². The molecule has 1 atom stereocenters. The molecule has 0 amide bonds. The summed E-state index contributed by atoms with van der Waals surface area (Å²) in [6.07, 6.45) is 4.61. The van der Waals surface area contributed by atoms with Gasteiger partial charge in [-0.2, -0.15) is 0 Å². The Kier molecular flexibility index (Phi) is 3.47. The number of aromatic nitrogens is 1. The van der Waals surface area contributed by atoms with Crippen molar-refractivity contribution in [2.24, 2.45) is 5.92 Å². The second-order valence-electron chi connectivity index (χ2n) is 5.30. The molecule has 2 rings (SSSR count). The molecule has 0 radical (unpaired) electrons. The maximum atomic E-state index is 4.51. The molecule has 0 aliphatic carbocycles. The van der Waals surface area contributed by atoms with E-state index in [9.17, 15) is 0 Å². The van der Waals surface area contributed by atoms with Gasteiger partial charge in [0.1, 0.15) is 5.82 Å². The molecular weight excluding hydrogens is 196 g/mol.